The van der Waals surface area contributed by atoms with Crippen LogP contribution in [0.15, 0.2) is 23.1 Å². The minimum Gasteiger partial charge on any atom is -0.480 e. The van der Waals surface area contributed by atoms with E-state index < -0.39 is 17.9 Å². The van der Waals surface area contributed by atoms with Crippen LogP contribution >= 0.6 is 0 Å². The Balaban J connectivity index is 2.26. The topological polar surface area (TPSA) is 90.5 Å². The molecule has 1 unspecified atom stereocenters. The number of rotatable bonds is 2. The van der Waals surface area contributed by atoms with Crippen LogP contribution in [0.1, 0.15) is 29.6 Å². The van der Waals surface area contributed by atoms with Crippen LogP contribution in [0.5, 0.6) is 0 Å². The summed E-state index contributed by atoms with van der Waals surface area (Å²) in [6.07, 6.45) is 3.44. The second-order valence-corrected chi connectivity index (χ2v) is 4.29. The standard InChI is InChI=1S/C12H14N2O4/c15-10-7-8(4-5-13-10)11(16)14-6-2-1-3-9(14)12(17)18/h4-5,7,9H,1-3,6H2,(H,13,15)(H,17,18). The molecule has 1 aromatic rings. The Morgan fingerprint density at radius 2 is 2.17 bits per heavy atom. The van der Waals surface area contributed by atoms with Gasteiger partial charge in [0.05, 0.1) is 0 Å². The van der Waals surface area contributed by atoms with Gasteiger partial charge in [0.25, 0.3) is 5.91 Å². The summed E-state index contributed by atoms with van der Waals surface area (Å²) in [7, 11) is 0. The fourth-order valence-electron chi connectivity index (χ4n) is 2.17. The van der Waals surface area contributed by atoms with Gasteiger partial charge in [0.1, 0.15) is 6.04 Å². The minimum absolute atomic E-state index is 0.229. The van der Waals surface area contributed by atoms with Crippen molar-refractivity contribution in [2.75, 3.05) is 6.54 Å². The average Bonchev–Trinajstić information content (AvgIpc) is 2.38. The number of aromatic amines is 1. The first-order valence-corrected chi connectivity index (χ1v) is 5.82. The number of likely N-dealkylation sites (tertiary alicyclic amines) is 1. The van der Waals surface area contributed by atoms with Gasteiger partial charge in [-0.2, -0.15) is 0 Å². The molecule has 6 nitrogen and oxygen atoms in total. The van der Waals surface area contributed by atoms with E-state index in [0.29, 0.717) is 13.0 Å². The number of carbonyl (C=O) groups is 2. The van der Waals surface area contributed by atoms with Gasteiger partial charge in [0.2, 0.25) is 5.56 Å². The lowest BCUT2D eigenvalue weighted by molar-refractivity contribution is -0.143. The normalized spacial score (nSPS) is 19.6. The lowest BCUT2D eigenvalue weighted by Gasteiger charge is -2.32. The molecule has 2 rings (SSSR count). The average molecular weight is 250 g/mol. The Morgan fingerprint density at radius 3 is 2.83 bits per heavy atom. The van der Waals surface area contributed by atoms with Crippen molar-refractivity contribution in [1.29, 1.82) is 0 Å². The second kappa shape index (κ2) is 5.03. The van der Waals surface area contributed by atoms with Gasteiger partial charge in [-0.1, -0.05) is 0 Å². The maximum Gasteiger partial charge on any atom is 0.326 e. The highest BCUT2D eigenvalue weighted by atomic mass is 16.4. The van der Waals surface area contributed by atoms with E-state index >= 15 is 0 Å². The van der Waals surface area contributed by atoms with E-state index in [0.717, 1.165) is 12.8 Å². The molecule has 0 aliphatic carbocycles. The number of aromatic nitrogens is 1. The van der Waals surface area contributed by atoms with E-state index in [2.05, 4.69) is 4.98 Å². The van der Waals surface area contributed by atoms with Crippen molar-refractivity contribution in [3.8, 4) is 0 Å². The maximum atomic E-state index is 12.2. The van der Waals surface area contributed by atoms with E-state index in [1.54, 1.807) is 0 Å². The van der Waals surface area contributed by atoms with Crippen LogP contribution in [-0.4, -0.2) is 39.5 Å². The lowest BCUT2D eigenvalue weighted by atomic mass is 10.0. The molecule has 0 bridgehead atoms. The number of carboxylic acid groups (broad SMARTS) is 1. The van der Waals surface area contributed by atoms with Crippen LogP contribution in [0, 0.1) is 0 Å². The monoisotopic (exact) mass is 250 g/mol. The summed E-state index contributed by atoms with van der Waals surface area (Å²) in [6, 6.07) is 1.89. The van der Waals surface area contributed by atoms with Gasteiger partial charge in [-0.25, -0.2) is 4.79 Å². The third kappa shape index (κ3) is 2.42. The number of H-pyrrole nitrogens is 1. The highest BCUT2D eigenvalue weighted by Crippen LogP contribution is 2.19. The number of pyridine rings is 1. The molecule has 1 saturated heterocycles. The number of nitrogens with one attached hydrogen (secondary N) is 1. The number of carbonyl (C=O) groups excluding carboxylic acids is 1. The first-order chi connectivity index (χ1) is 8.59. The molecule has 1 aromatic heterocycles. The quantitative estimate of drug-likeness (QED) is 0.797. The zero-order chi connectivity index (χ0) is 13.1. The third-order valence-electron chi connectivity index (χ3n) is 3.07. The molecule has 2 N–H and O–H groups in total. The molecule has 1 amide bonds. The second-order valence-electron chi connectivity index (χ2n) is 4.29. The molecule has 96 valence electrons. The molecule has 6 heteroatoms. The first-order valence-electron chi connectivity index (χ1n) is 5.82. The van der Waals surface area contributed by atoms with Crippen LogP contribution in [-0.2, 0) is 4.79 Å². The molecule has 1 atom stereocenters. The molecule has 18 heavy (non-hydrogen) atoms. The number of nitrogens with zero attached hydrogens (tertiary/aromatic N) is 1. The van der Waals surface area contributed by atoms with Gasteiger partial charge < -0.3 is 15.0 Å². The predicted octanol–water partition coefficient (Wildman–Crippen LogP) is 0.454. The number of hydrogen-bond acceptors (Lipinski definition) is 3. The molecule has 0 saturated carbocycles. The smallest absolute Gasteiger partial charge is 0.326 e. The molecular formula is C12H14N2O4. The van der Waals surface area contributed by atoms with Crippen molar-refractivity contribution >= 4 is 11.9 Å². The number of aliphatic carboxylic acids is 1. The van der Waals surface area contributed by atoms with Crippen molar-refractivity contribution in [2.45, 2.75) is 25.3 Å². The lowest BCUT2D eigenvalue weighted by Crippen LogP contribution is -2.48. The van der Waals surface area contributed by atoms with Crippen molar-refractivity contribution in [3.63, 3.8) is 0 Å². The maximum absolute atomic E-state index is 12.2. The van der Waals surface area contributed by atoms with E-state index in [4.69, 9.17) is 5.11 Å². The molecule has 0 aromatic carbocycles. The van der Waals surface area contributed by atoms with E-state index in [1.165, 1.54) is 23.2 Å². The van der Waals surface area contributed by atoms with Crippen LogP contribution < -0.4 is 5.56 Å². The minimum atomic E-state index is -0.993. The van der Waals surface area contributed by atoms with Crippen LogP contribution in [0.3, 0.4) is 0 Å². The summed E-state index contributed by atoms with van der Waals surface area (Å²) in [5, 5.41) is 9.10. The Morgan fingerprint density at radius 1 is 1.39 bits per heavy atom. The van der Waals surface area contributed by atoms with Crippen LogP contribution in [0.25, 0.3) is 0 Å². The SMILES string of the molecule is O=C(O)C1CCCCN1C(=O)c1cc[nH]c(=O)c1. The van der Waals surface area contributed by atoms with Crippen molar-refractivity contribution in [2.24, 2.45) is 0 Å². The number of piperidine rings is 1. The highest BCUT2D eigenvalue weighted by molar-refractivity contribution is 5.96. The van der Waals surface area contributed by atoms with E-state index in [1.807, 2.05) is 0 Å². The van der Waals surface area contributed by atoms with Gasteiger partial charge in [0, 0.05) is 24.4 Å². The van der Waals surface area contributed by atoms with Crippen LogP contribution in [0.2, 0.25) is 0 Å². The number of hydrogen-bond donors (Lipinski definition) is 2. The molecule has 0 radical (unpaired) electrons. The zero-order valence-electron chi connectivity index (χ0n) is 9.76. The summed E-state index contributed by atoms with van der Waals surface area (Å²) >= 11 is 0. The summed E-state index contributed by atoms with van der Waals surface area (Å²) in [4.78, 5) is 38.2. The molecule has 1 aliphatic heterocycles. The molecular weight excluding hydrogens is 236 g/mol. The Labute approximate surface area is 103 Å². The first kappa shape index (κ1) is 12.3. The molecule has 1 fully saturated rings. The number of amides is 1. The zero-order valence-corrected chi connectivity index (χ0v) is 9.76. The summed E-state index contributed by atoms with van der Waals surface area (Å²) < 4.78 is 0. The van der Waals surface area contributed by atoms with Crippen molar-refractivity contribution < 1.29 is 14.7 Å². The predicted molar refractivity (Wildman–Crippen MR) is 63.4 cm³/mol. The van der Waals surface area contributed by atoms with E-state index in [9.17, 15) is 14.4 Å². The molecule has 0 spiro atoms. The molecule has 2 heterocycles. The summed E-state index contributed by atoms with van der Waals surface area (Å²) in [5.74, 6) is -1.39. The summed E-state index contributed by atoms with van der Waals surface area (Å²) in [6.45, 7) is 0.419. The van der Waals surface area contributed by atoms with Gasteiger partial charge >= 0.3 is 5.97 Å². The van der Waals surface area contributed by atoms with Gasteiger partial charge in [-0.15, -0.1) is 0 Å². The summed E-state index contributed by atoms with van der Waals surface area (Å²) in [5.41, 5.74) is -0.142. The fraction of sp³-hybridized carbons (Fsp3) is 0.417. The highest BCUT2D eigenvalue weighted by Gasteiger charge is 2.32. The Bertz CT molecular complexity index is 523. The Kier molecular flexibility index (Phi) is 3.45. The fourth-order valence-corrected chi connectivity index (χ4v) is 2.17. The van der Waals surface area contributed by atoms with E-state index in [-0.39, 0.29) is 11.1 Å². The van der Waals surface area contributed by atoms with Crippen LogP contribution in [0.4, 0.5) is 0 Å². The molecule has 1 aliphatic rings. The van der Waals surface area contributed by atoms with Gasteiger partial charge in [-0.05, 0) is 25.3 Å². The van der Waals surface area contributed by atoms with Crippen molar-refractivity contribution in [3.05, 3.63) is 34.2 Å². The van der Waals surface area contributed by atoms with Gasteiger partial charge in [-0.3, -0.25) is 9.59 Å². The largest absolute Gasteiger partial charge is 0.480 e. The van der Waals surface area contributed by atoms with Gasteiger partial charge in [0.15, 0.2) is 0 Å². The Hall–Kier alpha value is -2.11. The van der Waals surface area contributed by atoms with Crippen molar-refractivity contribution in [1.82, 2.24) is 9.88 Å². The third-order valence-corrected chi connectivity index (χ3v) is 3.07. The number of carboxylic acids is 1.